The summed E-state index contributed by atoms with van der Waals surface area (Å²) < 4.78 is 5.71. The van der Waals surface area contributed by atoms with E-state index in [0.29, 0.717) is 6.04 Å². The lowest BCUT2D eigenvalue weighted by Gasteiger charge is -2.12. The van der Waals surface area contributed by atoms with Crippen molar-refractivity contribution in [2.24, 2.45) is 4.99 Å². The van der Waals surface area contributed by atoms with Crippen molar-refractivity contribution in [3.63, 3.8) is 0 Å². The molecule has 0 aliphatic heterocycles. The molecule has 1 unspecified atom stereocenters. The smallest absolute Gasteiger partial charge is 0.120 e. The zero-order valence-electron chi connectivity index (χ0n) is 10.7. The van der Waals surface area contributed by atoms with Gasteiger partial charge < -0.3 is 10.1 Å². The molecule has 0 amide bonds. The van der Waals surface area contributed by atoms with Crippen LogP contribution in [0.2, 0.25) is 0 Å². The number of hydrogen-bond acceptors (Lipinski definition) is 4. The van der Waals surface area contributed by atoms with Crippen LogP contribution in [0.5, 0.6) is 5.75 Å². The van der Waals surface area contributed by atoms with Crippen LogP contribution in [0.4, 0.5) is 5.69 Å². The Balaban J connectivity index is 2.57. The van der Waals surface area contributed by atoms with Crippen LogP contribution in [0.25, 0.3) is 0 Å². The second-order valence-corrected chi connectivity index (χ2v) is 4.67. The molecule has 1 atom stereocenters. The molecule has 0 heterocycles. The normalized spacial score (nSPS) is 12.2. The van der Waals surface area contributed by atoms with Gasteiger partial charge in [-0.25, -0.2) is 0 Å². The lowest BCUT2D eigenvalue weighted by molar-refractivity contribution is 0.293. The van der Waals surface area contributed by atoms with Gasteiger partial charge in [0.1, 0.15) is 5.75 Å². The quantitative estimate of drug-likeness (QED) is 0.598. The summed E-state index contributed by atoms with van der Waals surface area (Å²) in [5.74, 6) is 0.894. The van der Waals surface area contributed by atoms with Gasteiger partial charge in [0.05, 0.1) is 12.3 Å². The molecule has 3 nitrogen and oxygen atoms in total. The number of nitrogens with one attached hydrogen (secondary N) is 1. The van der Waals surface area contributed by atoms with Gasteiger partial charge in [0.25, 0.3) is 0 Å². The number of rotatable bonds is 7. The molecule has 0 radical (unpaired) electrons. The summed E-state index contributed by atoms with van der Waals surface area (Å²) in [7, 11) is 1.96. The van der Waals surface area contributed by atoms with E-state index in [2.05, 4.69) is 24.0 Å². The van der Waals surface area contributed by atoms with Crippen molar-refractivity contribution < 1.29 is 4.74 Å². The van der Waals surface area contributed by atoms with Gasteiger partial charge in [-0.15, -0.1) is 11.8 Å². The minimum atomic E-state index is 0.476. The number of ether oxygens (including phenoxy) is 1. The first-order valence-corrected chi connectivity index (χ1v) is 6.88. The highest BCUT2D eigenvalue weighted by atomic mass is 32.2. The Morgan fingerprint density at radius 3 is 2.88 bits per heavy atom. The van der Waals surface area contributed by atoms with Crippen molar-refractivity contribution >= 4 is 24.2 Å². The summed E-state index contributed by atoms with van der Waals surface area (Å²) in [6.07, 6.45) is 3.02. The Morgan fingerprint density at radius 2 is 2.29 bits per heavy atom. The van der Waals surface area contributed by atoms with Gasteiger partial charge in [0, 0.05) is 10.9 Å². The SMILES string of the molecule is C=Nc1ccc(OCCC(C)NC)cc1SC. The zero-order valence-corrected chi connectivity index (χ0v) is 11.5. The van der Waals surface area contributed by atoms with E-state index < -0.39 is 0 Å². The molecule has 0 fully saturated rings. The number of hydrogen-bond donors (Lipinski definition) is 1. The van der Waals surface area contributed by atoms with E-state index in [1.807, 2.05) is 31.5 Å². The first-order chi connectivity index (χ1) is 8.21. The monoisotopic (exact) mass is 252 g/mol. The third-order valence-electron chi connectivity index (χ3n) is 2.63. The van der Waals surface area contributed by atoms with E-state index in [-0.39, 0.29) is 0 Å². The number of aliphatic imine (C=N–C) groups is 1. The number of benzene rings is 1. The Hall–Kier alpha value is -1.00. The van der Waals surface area contributed by atoms with Crippen LogP contribution in [-0.2, 0) is 0 Å². The Morgan fingerprint density at radius 1 is 1.53 bits per heavy atom. The van der Waals surface area contributed by atoms with E-state index in [1.54, 1.807) is 11.8 Å². The number of thioether (sulfide) groups is 1. The first kappa shape index (κ1) is 14.1. The molecule has 1 aromatic carbocycles. The topological polar surface area (TPSA) is 33.6 Å². The number of nitrogens with zero attached hydrogens (tertiary/aromatic N) is 1. The molecule has 4 heteroatoms. The standard InChI is InChI=1S/C13H20N2OS/c1-10(14-2)7-8-16-11-5-6-12(15-3)13(9-11)17-4/h5-6,9-10,14H,3,7-8H2,1-2,4H3. The van der Waals surface area contributed by atoms with Crippen molar-refractivity contribution in [1.29, 1.82) is 0 Å². The zero-order chi connectivity index (χ0) is 12.7. The van der Waals surface area contributed by atoms with Crippen LogP contribution < -0.4 is 10.1 Å². The Labute approximate surface area is 108 Å². The van der Waals surface area contributed by atoms with Crippen LogP contribution >= 0.6 is 11.8 Å². The lowest BCUT2D eigenvalue weighted by Crippen LogP contribution is -2.23. The summed E-state index contributed by atoms with van der Waals surface area (Å²) in [6, 6.07) is 6.37. The van der Waals surface area contributed by atoms with Crippen molar-refractivity contribution in [2.75, 3.05) is 19.9 Å². The maximum atomic E-state index is 5.71. The van der Waals surface area contributed by atoms with E-state index in [0.717, 1.165) is 29.4 Å². The summed E-state index contributed by atoms with van der Waals surface area (Å²) in [4.78, 5) is 5.06. The van der Waals surface area contributed by atoms with Gasteiger partial charge in [-0.2, -0.15) is 0 Å². The lowest BCUT2D eigenvalue weighted by atomic mass is 10.2. The molecule has 0 spiro atoms. The molecule has 17 heavy (non-hydrogen) atoms. The predicted octanol–water partition coefficient (Wildman–Crippen LogP) is 3.12. The van der Waals surface area contributed by atoms with Crippen molar-refractivity contribution in [3.05, 3.63) is 18.2 Å². The maximum Gasteiger partial charge on any atom is 0.120 e. The fraction of sp³-hybridized carbons (Fsp3) is 0.462. The van der Waals surface area contributed by atoms with Gasteiger partial charge >= 0.3 is 0 Å². The second kappa shape index (κ2) is 7.35. The van der Waals surface area contributed by atoms with E-state index in [1.165, 1.54) is 0 Å². The average molecular weight is 252 g/mol. The Bertz CT molecular complexity index is 368. The summed E-state index contributed by atoms with van der Waals surface area (Å²) in [5, 5.41) is 3.18. The summed E-state index contributed by atoms with van der Waals surface area (Å²) >= 11 is 1.65. The predicted molar refractivity (Wildman–Crippen MR) is 76.1 cm³/mol. The Kier molecular flexibility index (Phi) is 6.08. The minimum Gasteiger partial charge on any atom is -0.493 e. The van der Waals surface area contributed by atoms with Gasteiger partial charge in [-0.05, 0) is 51.6 Å². The molecular weight excluding hydrogens is 232 g/mol. The van der Waals surface area contributed by atoms with Crippen molar-refractivity contribution in [3.8, 4) is 5.75 Å². The van der Waals surface area contributed by atoms with Gasteiger partial charge in [-0.1, -0.05) is 0 Å². The first-order valence-electron chi connectivity index (χ1n) is 5.66. The molecule has 0 aromatic heterocycles. The average Bonchev–Trinajstić information content (AvgIpc) is 2.38. The van der Waals surface area contributed by atoms with E-state index in [9.17, 15) is 0 Å². The molecule has 0 saturated carbocycles. The minimum absolute atomic E-state index is 0.476. The third kappa shape index (κ3) is 4.40. The molecule has 94 valence electrons. The molecule has 0 aliphatic carbocycles. The van der Waals surface area contributed by atoms with E-state index in [4.69, 9.17) is 4.74 Å². The molecule has 0 bridgehead atoms. The fourth-order valence-electron chi connectivity index (χ4n) is 1.38. The highest BCUT2D eigenvalue weighted by Gasteiger charge is 2.03. The van der Waals surface area contributed by atoms with Crippen LogP contribution in [0.1, 0.15) is 13.3 Å². The van der Waals surface area contributed by atoms with E-state index >= 15 is 0 Å². The maximum absolute atomic E-state index is 5.71. The molecular formula is C13H20N2OS. The molecule has 0 aliphatic rings. The van der Waals surface area contributed by atoms with Crippen LogP contribution in [0, 0.1) is 0 Å². The van der Waals surface area contributed by atoms with Gasteiger partial charge in [0.2, 0.25) is 0 Å². The summed E-state index contributed by atoms with van der Waals surface area (Å²) in [5.41, 5.74) is 0.911. The van der Waals surface area contributed by atoms with Crippen molar-refractivity contribution in [2.45, 2.75) is 24.3 Å². The van der Waals surface area contributed by atoms with Gasteiger partial charge in [0.15, 0.2) is 0 Å². The summed E-state index contributed by atoms with van der Waals surface area (Å²) in [6.45, 7) is 6.41. The highest BCUT2D eigenvalue weighted by molar-refractivity contribution is 7.98. The fourth-order valence-corrected chi connectivity index (χ4v) is 1.95. The van der Waals surface area contributed by atoms with Crippen LogP contribution in [-0.4, -0.2) is 32.7 Å². The van der Waals surface area contributed by atoms with Crippen LogP contribution in [0.3, 0.4) is 0 Å². The molecule has 0 saturated heterocycles. The van der Waals surface area contributed by atoms with Crippen molar-refractivity contribution in [1.82, 2.24) is 5.32 Å². The molecule has 1 N–H and O–H groups in total. The van der Waals surface area contributed by atoms with Crippen LogP contribution in [0.15, 0.2) is 28.1 Å². The molecule has 1 aromatic rings. The third-order valence-corrected chi connectivity index (χ3v) is 3.40. The van der Waals surface area contributed by atoms with Gasteiger partial charge in [-0.3, -0.25) is 4.99 Å². The highest BCUT2D eigenvalue weighted by Crippen LogP contribution is 2.31. The largest absolute Gasteiger partial charge is 0.493 e. The second-order valence-electron chi connectivity index (χ2n) is 3.82. The molecule has 1 rings (SSSR count).